The minimum Gasteiger partial charge on any atom is -0.341 e. The monoisotopic (exact) mass is 308 g/mol. The molecule has 0 radical (unpaired) electrons. The Balaban J connectivity index is 1.81. The maximum Gasteiger partial charge on any atom is 0.416 e. The number of fused-ring (bicyclic) bond motifs is 1. The number of nitrogens with one attached hydrogen (secondary N) is 1. The van der Waals surface area contributed by atoms with E-state index in [4.69, 9.17) is 0 Å². The number of thioether (sulfide) groups is 1. The van der Waals surface area contributed by atoms with E-state index in [1.165, 1.54) is 6.07 Å². The lowest BCUT2D eigenvalue weighted by Gasteiger charge is -2.05. The molecule has 1 heterocycles. The van der Waals surface area contributed by atoms with Crippen molar-refractivity contribution in [1.29, 1.82) is 0 Å². The van der Waals surface area contributed by atoms with Crippen LogP contribution in [0.25, 0.3) is 11.0 Å². The quantitative estimate of drug-likeness (QED) is 0.699. The maximum absolute atomic E-state index is 12.7. The number of alkyl halides is 3. The number of hydrogen-bond donors (Lipinski definition) is 1. The van der Waals surface area contributed by atoms with Crippen LogP contribution < -0.4 is 0 Å². The Morgan fingerprint density at radius 2 is 1.81 bits per heavy atom. The number of imidazole rings is 1. The molecule has 6 heteroatoms. The average molecular weight is 308 g/mol. The van der Waals surface area contributed by atoms with Gasteiger partial charge in [-0.15, -0.1) is 11.8 Å². The predicted octanol–water partition coefficient (Wildman–Crippen LogP) is 4.87. The highest BCUT2D eigenvalue weighted by atomic mass is 32.2. The van der Waals surface area contributed by atoms with E-state index in [-0.39, 0.29) is 0 Å². The summed E-state index contributed by atoms with van der Waals surface area (Å²) in [5, 5.41) is 0. The molecule has 2 nitrogen and oxygen atoms in total. The number of rotatable bonds is 3. The topological polar surface area (TPSA) is 28.7 Å². The van der Waals surface area contributed by atoms with Gasteiger partial charge in [0, 0.05) is 4.90 Å². The van der Waals surface area contributed by atoms with Gasteiger partial charge in [-0.05, 0) is 30.3 Å². The smallest absolute Gasteiger partial charge is 0.341 e. The first-order chi connectivity index (χ1) is 10.0. The number of hydrogen-bond acceptors (Lipinski definition) is 2. The van der Waals surface area contributed by atoms with Crippen molar-refractivity contribution < 1.29 is 13.2 Å². The Kier molecular flexibility index (Phi) is 3.63. The Hall–Kier alpha value is -1.95. The number of aromatic nitrogens is 2. The van der Waals surface area contributed by atoms with Gasteiger partial charge in [0.15, 0.2) is 0 Å². The molecule has 0 aliphatic carbocycles. The summed E-state index contributed by atoms with van der Waals surface area (Å²) in [6.07, 6.45) is -4.34. The Morgan fingerprint density at radius 3 is 2.52 bits per heavy atom. The third-order valence-corrected chi connectivity index (χ3v) is 4.00. The number of nitrogens with zero attached hydrogens (tertiary/aromatic N) is 1. The van der Waals surface area contributed by atoms with Gasteiger partial charge in [-0.3, -0.25) is 0 Å². The highest BCUT2D eigenvalue weighted by Crippen LogP contribution is 2.31. The van der Waals surface area contributed by atoms with Gasteiger partial charge in [-0.25, -0.2) is 4.98 Å². The molecule has 1 N–H and O–H groups in total. The fourth-order valence-corrected chi connectivity index (χ4v) is 2.77. The van der Waals surface area contributed by atoms with E-state index in [1.54, 1.807) is 11.8 Å². The van der Waals surface area contributed by atoms with E-state index >= 15 is 0 Å². The Labute approximate surface area is 123 Å². The molecule has 21 heavy (non-hydrogen) atoms. The number of H-pyrrole nitrogens is 1. The highest BCUT2D eigenvalue weighted by molar-refractivity contribution is 7.98. The zero-order valence-corrected chi connectivity index (χ0v) is 11.6. The summed E-state index contributed by atoms with van der Waals surface area (Å²) in [6, 6.07) is 13.3. The largest absolute Gasteiger partial charge is 0.416 e. The summed E-state index contributed by atoms with van der Waals surface area (Å²) in [5.74, 6) is 1.25. The van der Waals surface area contributed by atoms with E-state index in [0.29, 0.717) is 22.6 Å². The molecule has 0 fully saturated rings. The maximum atomic E-state index is 12.7. The van der Waals surface area contributed by atoms with Gasteiger partial charge < -0.3 is 4.98 Å². The molecule has 0 saturated heterocycles. The fourth-order valence-electron chi connectivity index (χ4n) is 1.98. The molecule has 0 amide bonds. The molecular formula is C15H11F3N2S. The van der Waals surface area contributed by atoms with Gasteiger partial charge in [-0.1, -0.05) is 18.2 Å². The predicted molar refractivity (Wildman–Crippen MR) is 77.1 cm³/mol. The van der Waals surface area contributed by atoms with Crippen molar-refractivity contribution >= 4 is 22.8 Å². The van der Waals surface area contributed by atoms with Crippen LogP contribution in [0.2, 0.25) is 0 Å². The molecule has 0 bridgehead atoms. The molecular weight excluding hydrogens is 297 g/mol. The van der Waals surface area contributed by atoms with Gasteiger partial charge in [0.25, 0.3) is 0 Å². The summed E-state index contributed by atoms with van der Waals surface area (Å²) in [6.45, 7) is 0. The molecule has 3 rings (SSSR count). The average Bonchev–Trinajstić information content (AvgIpc) is 2.87. The lowest BCUT2D eigenvalue weighted by atomic mass is 10.2. The zero-order chi connectivity index (χ0) is 14.9. The first kappa shape index (κ1) is 14.0. The normalized spacial score (nSPS) is 12.0. The van der Waals surface area contributed by atoms with Crippen LogP contribution in [0.1, 0.15) is 11.4 Å². The van der Waals surface area contributed by atoms with E-state index in [2.05, 4.69) is 9.97 Å². The summed E-state index contributed by atoms with van der Waals surface area (Å²) in [5.41, 5.74) is 0.293. The van der Waals surface area contributed by atoms with Gasteiger partial charge >= 0.3 is 6.18 Å². The van der Waals surface area contributed by atoms with Gasteiger partial charge in [-0.2, -0.15) is 13.2 Å². The van der Waals surface area contributed by atoms with Crippen LogP contribution in [0.4, 0.5) is 13.2 Å². The van der Waals surface area contributed by atoms with Gasteiger partial charge in [0.1, 0.15) is 5.82 Å². The van der Waals surface area contributed by atoms with E-state index in [0.717, 1.165) is 17.0 Å². The molecule has 108 valence electrons. The molecule has 0 atom stereocenters. The third-order valence-electron chi connectivity index (χ3n) is 2.98. The van der Waals surface area contributed by atoms with Crippen molar-refractivity contribution in [2.75, 3.05) is 0 Å². The van der Waals surface area contributed by atoms with E-state index in [1.807, 2.05) is 30.3 Å². The zero-order valence-electron chi connectivity index (χ0n) is 10.8. The molecule has 0 aliphatic heterocycles. The second-order valence-corrected chi connectivity index (χ2v) is 5.56. The number of halogens is 3. The van der Waals surface area contributed by atoms with Crippen LogP contribution in [-0.4, -0.2) is 9.97 Å². The molecule has 1 aromatic heterocycles. The molecule has 0 spiro atoms. The van der Waals surface area contributed by atoms with Crippen molar-refractivity contribution in [3.8, 4) is 0 Å². The third kappa shape index (κ3) is 3.21. The summed E-state index contributed by atoms with van der Waals surface area (Å²) in [7, 11) is 0. The summed E-state index contributed by atoms with van der Waals surface area (Å²) < 4.78 is 38.0. The van der Waals surface area contributed by atoms with Crippen LogP contribution in [0.15, 0.2) is 53.4 Å². The first-order valence-corrected chi connectivity index (χ1v) is 7.24. The lowest BCUT2D eigenvalue weighted by Crippen LogP contribution is -2.04. The molecule has 0 saturated carbocycles. The van der Waals surface area contributed by atoms with Crippen LogP contribution in [0.3, 0.4) is 0 Å². The fraction of sp³-hybridized carbons (Fsp3) is 0.133. The van der Waals surface area contributed by atoms with Crippen molar-refractivity contribution in [3.63, 3.8) is 0 Å². The second-order valence-electron chi connectivity index (χ2n) is 4.51. The van der Waals surface area contributed by atoms with Crippen molar-refractivity contribution in [1.82, 2.24) is 9.97 Å². The van der Waals surface area contributed by atoms with Crippen LogP contribution in [-0.2, 0) is 11.9 Å². The minimum absolute atomic E-state index is 0.411. The summed E-state index contributed by atoms with van der Waals surface area (Å²) in [4.78, 5) is 8.35. The first-order valence-electron chi connectivity index (χ1n) is 6.26. The highest BCUT2D eigenvalue weighted by Gasteiger charge is 2.30. The Bertz CT molecular complexity index is 750. The van der Waals surface area contributed by atoms with Gasteiger partial charge in [0.05, 0.1) is 22.3 Å². The minimum atomic E-state index is -4.34. The molecule has 3 aromatic rings. The summed E-state index contributed by atoms with van der Waals surface area (Å²) >= 11 is 1.58. The van der Waals surface area contributed by atoms with Crippen molar-refractivity contribution in [2.24, 2.45) is 0 Å². The SMILES string of the molecule is FC(F)(F)c1ccc2nc(CSc3ccccc3)[nH]c2c1. The van der Waals surface area contributed by atoms with Crippen molar-refractivity contribution in [3.05, 3.63) is 59.9 Å². The molecule has 2 aromatic carbocycles. The standard InChI is InChI=1S/C15H11F3N2S/c16-15(17,18)10-6-7-12-13(8-10)20-14(19-12)9-21-11-4-2-1-3-5-11/h1-8H,9H2,(H,19,20). The van der Waals surface area contributed by atoms with E-state index < -0.39 is 11.7 Å². The second kappa shape index (κ2) is 5.44. The van der Waals surface area contributed by atoms with E-state index in [9.17, 15) is 13.2 Å². The lowest BCUT2D eigenvalue weighted by molar-refractivity contribution is -0.137. The Morgan fingerprint density at radius 1 is 1.05 bits per heavy atom. The molecule has 0 unspecified atom stereocenters. The number of aromatic amines is 1. The number of benzene rings is 2. The van der Waals surface area contributed by atoms with Crippen LogP contribution in [0, 0.1) is 0 Å². The molecule has 0 aliphatic rings. The van der Waals surface area contributed by atoms with Gasteiger partial charge in [0.2, 0.25) is 0 Å². The van der Waals surface area contributed by atoms with Crippen LogP contribution in [0.5, 0.6) is 0 Å². The van der Waals surface area contributed by atoms with Crippen LogP contribution >= 0.6 is 11.8 Å². The van der Waals surface area contributed by atoms with Crippen molar-refractivity contribution in [2.45, 2.75) is 16.8 Å².